The van der Waals surface area contributed by atoms with Crippen molar-refractivity contribution in [1.82, 2.24) is 9.97 Å². The molecule has 0 amide bonds. The van der Waals surface area contributed by atoms with Crippen LogP contribution < -0.4 is 16.8 Å². The molecule has 7 heteroatoms. The zero-order valence-corrected chi connectivity index (χ0v) is 12.6. The number of amidine groups is 1. The van der Waals surface area contributed by atoms with Crippen molar-refractivity contribution in [3.63, 3.8) is 0 Å². The molecule has 2 aromatic rings. The average molecular weight is 305 g/mol. The number of aromatic nitrogens is 2. The van der Waals surface area contributed by atoms with E-state index < -0.39 is 5.79 Å². The van der Waals surface area contributed by atoms with Crippen LogP contribution in [0.3, 0.4) is 0 Å². The van der Waals surface area contributed by atoms with Crippen LogP contribution in [0.2, 0.25) is 0 Å². The Balaban J connectivity index is 0.00000161. The van der Waals surface area contributed by atoms with E-state index in [4.69, 9.17) is 11.5 Å². The van der Waals surface area contributed by atoms with Gasteiger partial charge in [-0.15, -0.1) is 12.4 Å². The van der Waals surface area contributed by atoms with Crippen LogP contribution in [0.5, 0.6) is 0 Å². The molecule has 0 bridgehead atoms. The number of aliphatic imine (C=N–C) groups is 1. The minimum Gasteiger partial charge on any atom is -0.383 e. The first-order valence-corrected chi connectivity index (χ1v) is 6.32. The van der Waals surface area contributed by atoms with Gasteiger partial charge in [0.15, 0.2) is 5.82 Å². The Morgan fingerprint density at radius 2 is 1.71 bits per heavy atom. The summed E-state index contributed by atoms with van der Waals surface area (Å²) in [5.74, 6) is -0.452. The van der Waals surface area contributed by atoms with E-state index in [9.17, 15) is 0 Å². The lowest BCUT2D eigenvalue weighted by molar-refractivity contribution is 0.496. The second-order valence-electron chi connectivity index (χ2n) is 4.91. The molecule has 21 heavy (non-hydrogen) atoms. The van der Waals surface area contributed by atoms with Crippen LogP contribution in [0.15, 0.2) is 35.3 Å². The molecule has 0 saturated carbocycles. The molecular weight excluding hydrogens is 288 g/mol. The van der Waals surface area contributed by atoms with Gasteiger partial charge in [0.25, 0.3) is 0 Å². The van der Waals surface area contributed by atoms with Crippen LogP contribution in [0, 0.1) is 13.8 Å². The number of benzene rings is 1. The van der Waals surface area contributed by atoms with Crippen molar-refractivity contribution >= 4 is 23.9 Å². The highest BCUT2D eigenvalue weighted by Gasteiger charge is 2.35. The van der Waals surface area contributed by atoms with Crippen molar-refractivity contribution in [3.05, 3.63) is 53.1 Å². The third-order valence-electron chi connectivity index (χ3n) is 3.15. The Labute approximate surface area is 129 Å². The van der Waals surface area contributed by atoms with Gasteiger partial charge >= 0.3 is 0 Å². The molecule has 0 fully saturated rings. The zero-order valence-electron chi connectivity index (χ0n) is 11.8. The van der Waals surface area contributed by atoms with Crippen LogP contribution in [-0.4, -0.2) is 15.8 Å². The molecule has 3 rings (SSSR count). The van der Waals surface area contributed by atoms with Gasteiger partial charge in [-0.2, -0.15) is 0 Å². The maximum Gasteiger partial charge on any atom is 0.246 e. The minimum absolute atomic E-state index is 0. The highest BCUT2D eigenvalue weighted by Crippen LogP contribution is 2.28. The highest BCUT2D eigenvalue weighted by molar-refractivity contribution is 6.04. The van der Waals surface area contributed by atoms with E-state index in [1.54, 1.807) is 0 Å². The number of para-hydroxylation sites is 1. The number of fused-ring (bicyclic) bond motifs is 1. The topological polar surface area (TPSA) is 102 Å². The van der Waals surface area contributed by atoms with E-state index in [-0.39, 0.29) is 12.4 Å². The summed E-state index contributed by atoms with van der Waals surface area (Å²) in [6.45, 7) is 3.79. The van der Waals surface area contributed by atoms with Gasteiger partial charge in [-0.25, -0.2) is 15.0 Å². The molecule has 1 aliphatic heterocycles. The fraction of sp³-hybridized carbons (Fsp3) is 0.214. The van der Waals surface area contributed by atoms with Gasteiger partial charge in [-0.3, -0.25) is 5.73 Å². The van der Waals surface area contributed by atoms with Crippen molar-refractivity contribution in [2.24, 2.45) is 16.5 Å². The summed E-state index contributed by atoms with van der Waals surface area (Å²) in [6, 6.07) is 9.49. The van der Waals surface area contributed by atoms with Crippen LogP contribution in [0.1, 0.15) is 22.8 Å². The zero-order chi connectivity index (χ0) is 14.3. The molecule has 1 unspecified atom stereocenters. The number of halogens is 1. The molecule has 5 N–H and O–H groups in total. The smallest absolute Gasteiger partial charge is 0.246 e. The van der Waals surface area contributed by atoms with Crippen LogP contribution >= 0.6 is 12.4 Å². The van der Waals surface area contributed by atoms with Crippen LogP contribution in [0.25, 0.3) is 0 Å². The normalized spacial score (nSPS) is 19.9. The van der Waals surface area contributed by atoms with E-state index >= 15 is 0 Å². The van der Waals surface area contributed by atoms with Crippen LogP contribution in [-0.2, 0) is 5.79 Å². The monoisotopic (exact) mass is 304 g/mol. The van der Waals surface area contributed by atoms with Crippen molar-refractivity contribution in [2.75, 3.05) is 5.32 Å². The van der Waals surface area contributed by atoms with Gasteiger partial charge < -0.3 is 11.1 Å². The lowest BCUT2D eigenvalue weighted by Gasteiger charge is -2.31. The number of nitrogens with two attached hydrogens (primary N) is 2. The first-order chi connectivity index (χ1) is 9.48. The third kappa shape index (κ3) is 2.68. The Bertz CT molecular complexity index is 694. The second-order valence-corrected chi connectivity index (χ2v) is 4.91. The molecule has 1 aromatic heterocycles. The predicted octanol–water partition coefficient (Wildman–Crippen LogP) is 1.42. The number of rotatable bonds is 1. The number of hydrogen-bond acceptors (Lipinski definition) is 6. The largest absolute Gasteiger partial charge is 0.383 e. The summed E-state index contributed by atoms with van der Waals surface area (Å²) in [7, 11) is 0. The first kappa shape index (κ1) is 15.2. The van der Waals surface area contributed by atoms with Crippen LogP contribution in [0.4, 0.5) is 5.69 Å². The molecule has 0 saturated heterocycles. The molecule has 6 nitrogen and oxygen atoms in total. The molecule has 1 atom stereocenters. The highest BCUT2D eigenvalue weighted by atomic mass is 35.5. The van der Waals surface area contributed by atoms with Crippen molar-refractivity contribution in [1.29, 1.82) is 0 Å². The number of anilines is 1. The van der Waals surface area contributed by atoms with Gasteiger partial charge in [-0.05, 0) is 32.0 Å². The molecular formula is C14H17ClN6. The minimum atomic E-state index is -1.24. The van der Waals surface area contributed by atoms with E-state index in [1.807, 2.05) is 44.2 Å². The van der Waals surface area contributed by atoms with Gasteiger partial charge in [0, 0.05) is 22.6 Å². The summed E-state index contributed by atoms with van der Waals surface area (Å²) in [5.41, 5.74) is 15.7. The summed E-state index contributed by atoms with van der Waals surface area (Å²) in [5, 5.41) is 3.16. The summed E-state index contributed by atoms with van der Waals surface area (Å²) in [4.78, 5) is 13.1. The molecule has 2 heterocycles. The van der Waals surface area contributed by atoms with Gasteiger partial charge in [-0.1, -0.05) is 12.1 Å². The molecule has 1 aliphatic rings. The molecule has 0 radical (unpaired) electrons. The number of hydrogen-bond donors (Lipinski definition) is 3. The molecule has 110 valence electrons. The predicted molar refractivity (Wildman–Crippen MR) is 85.4 cm³/mol. The maximum absolute atomic E-state index is 6.32. The lowest BCUT2D eigenvalue weighted by Crippen LogP contribution is -2.49. The Kier molecular flexibility index (Phi) is 3.85. The summed E-state index contributed by atoms with van der Waals surface area (Å²) >= 11 is 0. The fourth-order valence-electron chi connectivity index (χ4n) is 2.30. The average Bonchev–Trinajstić information content (AvgIpc) is 2.37. The quantitative estimate of drug-likeness (QED) is 0.739. The standard InChI is InChI=1S/C14H16N6.ClH/c1-8-7-9(2)18-13(17-8)14(16)19-11-6-4-3-5-10(11)12(15)20-14;/h3-7,19H,16H2,1-2H3,(H2,15,20);1H. The third-order valence-corrected chi connectivity index (χ3v) is 3.15. The summed E-state index contributed by atoms with van der Waals surface area (Å²) in [6.07, 6.45) is 0. The van der Waals surface area contributed by atoms with Gasteiger partial charge in [0.2, 0.25) is 5.79 Å². The summed E-state index contributed by atoms with van der Waals surface area (Å²) < 4.78 is 0. The van der Waals surface area contributed by atoms with E-state index in [0.717, 1.165) is 22.6 Å². The SMILES string of the molecule is Cc1cc(C)nc(C2(N)N=C(N)c3ccccc3N2)n1.Cl. The number of nitrogens with one attached hydrogen (secondary N) is 1. The van der Waals surface area contributed by atoms with Gasteiger partial charge in [0.1, 0.15) is 5.84 Å². The molecule has 0 aliphatic carbocycles. The Morgan fingerprint density at radius 1 is 1.10 bits per heavy atom. The maximum atomic E-state index is 6.32. The second kappa shape index (κ2) is 5.31. The van der Waals surface area contributed by atoms with E-state index in [0.29, 0.717) is 11.7 Å². The first-order valence-electron chi connectivity index (χ1n) is 6.32. The Hall–Kier alpha value is -2.18. The molecule has 0 spiro atoms. The van der Waals surface area contributed by atoms with Gasteiger partial charge in [0.05, 0.1) is 0 Å². The number of aryl methyl sites for hydroxylation is 2. The number of nitrogens with zero attached hydrogens (tertiary/aromatic N) is 3. The van der Waals surface area contributed by atoms with Crippen molar-refractivity contribution < 1.29 is 0 Å². The molecule has 1 aromatic carbocycles. The Morgan fingerprint density at radius 3 is 2.38 bits per heavy atom. The van der Waals surface area contributed by atoms with Crippen molar-refractivity contribution in [3.8, 4) is 0 Å². The van der Waals surface area contributed by atoms with E-state index in [2.05, 4.69) is 20.3 Å². The fourth-order valence-corrected chi connectivity index (χ4v) is 2.30. The van der Waals surface area contributed by atoms with Crippen molar-refractivity contribution in [2.45, 2.75) is 19.6 Å². The lowest BCUT2D eigenvalue weighted by atomic mass is 10.1. The van der Waals surface area contributed by atoms with E-state index in [1.165, 1.54) is 0 Å².